The molecular weight excluding hydrogens is 374 g/mol. The molecule has 0 aliphatic carbocycles. The maximum absolute atomic E-state index is 12.7. The number of carbonyl (C=O) groups excluding carboxylic acids is 1. The number of hydrogen-bond acceptors (Lipinski definition) is 5. The van der Waals surface area contributed by atoms with Crippen molar-refractivity contribution in [2.45, 2.75) is 57.8 Å². The number of amides is 1. The average molecular weight is 401 g/mol. The molecule has 1 saturated heterocycles. The maximum Gasteiger partial charge on any atom is 0.271 e. The quantitative estimate of drug-likeness (QED) is 0.718. The van der Waals surface area contributed by atoms with Gasteiger partial charge in [-0.05, 0) is 26.8 Å². The smallest absolute Gasteiger partial charge is 0.271 e. The zero-order chi connectivity index (χ0) is 21.0. The molecule has 9 heteroatoms. The van der Waals surface area contributed by atoms with E-state index in [2.05, 4.69) is 31.1 Å². The molecular formula is C20H27N5O4. The lowest BCUT2D eigenvalue weighted by Gasteiger charge is -2.53. The number of quaternary nitrogens is 1. The Morgan fingerprint density at radius 1 is 1.24 bits per heavy atom. The first-order valence-electron chi connectivity index (χ1n) is 10.1. The summed E-state index contributed by atoms with van der Waals surface area (Å²) in [5, 5.41) is 13.4. The van der Waals surface area contributed by atoms with Crippen molar-refractivity contribution in [1.82, 2.24) is 19.4 Å². The van der Waals surface area contributed by atoms with Gasteiger partial charge in [0.25, 0.3) is 11.1 Å². The van der Waals surface area contributed by atoms with Crippen LogP contribution >= 0.6 is 0 Å². The number of aromatic nitrogens is 3. The molecule has 2 aromatic heterocycles. The summed E-state index contributed by atoms with van der Waals surface area (Å²) in [6.45, 7) is 9.27. The van der Waals surface area contributed by atoms with Gasteiger partial charge < -0.3 is 19.7 Å². The highest BCUT2D eigenvalue weighted by molar-refractivity contribution is 5.71. The van der Waals surface area contributed by atoms with Crippen LogP contribution < -0.4 is 21.5 Å². The van der Waals surface area contributed by atoms with E-state index < -0.39 is 6.09 Å². The summed E-state index contributed by atoms with van der Waals surface area (Å²) in [4.78, 5) is 40.2. The topological polar surface area (TPSA) is 109 Å². The molecule has 2 aliphatic rings. The standard InChI is InChI=1S/C20H27N5O4/c1-20(2,3)25(8-6-13(7-9-25)22-19(28)29)12-14-11-23-16(26)5-4-15-18(23)24(14)17(27)10-21-15/h4-5,10,13-14,22H,6-9,11-12H2,1-3H3. The largest absolute Gasteiger partial charge is 0.530 e. The molecule has 2 aromatic rings. The second-order valence-electron chi connectivity index (χ2n) is 9.26. The minimum Gasteiger partial charge on any atom is -0.530 e. The predicted octanol–water partition coefficient (Wildman–Crippen LogP) is -0.176. The third kappa shape index (κ3) is 3.23. The van der Waals surface area contributed by atoms with Crippen molar-refractivity contribution in [1.29, 1.82) is 0 Å². The van der Waals surface area contributed by atoms with Crippen molar-refractivity contribution in [2.75, 3.05) is 19.6 Å². The third-order valence-corrected chi connectivity index (χ3v) is 6.79. The fraction of sp³-hybridized carbons (Fsp3) is 0.600. The minimum absolute atomic E-state index is 0.0953. The van der Waals surface area contributed by atoms with Crippen LogP contribution in [0.4, 0.5) is 4.79 Å². The van der Waals surface area contributed by atoms with Crippen molar-refractivity contribution < 1.29 is 14.4 Å². The van der Waals surface area contributed by atoms with Gasteiger partial charge in [0.1, 0.15) is 29.8 Å². The summed E-state index contributed by atoms with van der Waals surface area (Å²) in [5.74, 6) is 0. The van der Waals surface area contributed by atoms with Crippen LogP contribution in [-0.2, 0) is 6.54 Å². The summed E-state index contributed by atoms with van der Waals surface area (Å²) < 4.78 is 4.13. The van der Waals surface area contributed by atoms with Gasteiger partial charge >= 0.3 is 0 Å². The highest BCUT2D eigenvalue weighted by Crippen LogP contribution is 2.35. The van der Waals surface area contributed by atoms with E-state index in [1.807, 2.05) is 0 Å². The zero-order valence-electron chi connectivity index (χ0n) is 17.1. The molecule has 1 atom stereocenters. The summed E-state index contributed by atoms with van der Waals surface area (Å²) in [5.41, 5.74) is 0.823. The fourth-order valence-corrected chi connectivity index (χ4v) is 5.07. The molecule has 0 bridgehead atoms. The Morgan fingerprint density at radius 2 is 1.93 bits per heavy atom. The Morgan fingerprint density at radius 3 is 2.55 bits per heavy atom. The molecule has 29 heavy (non-hydrogen) atoms. The number of pyridine rings is 1. The van der Waals surface area contributed by atoms with Crippen molar-refractivity contribution in [2.24, 2.45) is 0 Å². The first-order chi connectivity index (χ1) is 13.6. The second-order valence-corrected chi connectivity index (χ2v) is 9.26. The van der Waals surface area contributed by atoms with Crippen LogP contribution in [0.3, 0.4) is 0 Å². The van der Waals surface area contributed by atoms with E-state index in [1.165, 1.54) is 12.3 Å². The lowest BCUT2D eigenvalue weighted by molar-refractivity contribution is -0.976. The molecule has 1 amide bonds. The Bertz CT molecular complexity index is 1070. The molecule has 9 nitrogen and oxygen atoms in total. The Balaban J connectivity index is 1.69. The molecule has 4 rings (SSSR count). The molecule has 0 aromatic carbocycles. The van der Waals surface area contributed by atoms with Gasteiger partial charge in [0.15, 0.2) is 0 Å². The van der Waals surface area contributed by atoms with Crippen LogP contribution in [-0.4, -0.2) is 55.9 Å². The van der Waals surface area contributed by atoms with Gasteiger partial charge in [0.2, 0.25) is 0 Å². The Kier molecular flexibility index (Phi) is 4.53. The van der Waals surface area contributed by atoms with E-state index >= 15 is 0 Å². The Labute approximate surface area is 168 Å². The van der Waals surface area contributed by atoms with Crippen molar-refractivity contribution in [3.05, 3.63) is 39.0 Å². The number of hydrogen-bond donors (Lipinski definition) is 1. The van der Waals surface area contributed by atoms with Crippen LogP contribution in [0.15, 0.2) is 27.9 Å². The molecule has 4 heterocycles. The number of carbonyl (C=O) groups is 1. The highest BCUT2D eigenvalue weighted by Gasteiger charge is 2.46. The zero-order valence-corrected chi connectivity index (χ0v) is 17.1. The van der Waals surface area contributed by atoms with E-state index in [0.717, 1.165) is 17.6 Å². The van der Waals surface area contributed by atoms with E-state index in [4.69, 9.17) is 0 Å². The molecule has 2 aliphatic heterocycles. The summed E-state index contributed by atoms with van der Waals surface area (Å²) in [7, 11) is 0. The first-order valence-corrected chi connectivity index (χ1v) is 10.1. The summed E-state index contributed by atoms with van der Waals surface area (Å²) >= 11 is 0. The summed E-state index contributed by atoms with van der Waals surface area (Å²) in [6.07, 6.45) is 1.52. The second kappa shape index (κ2) is 6.69. The van der Waals surface area contributed by atoms with Gasteiger partial charge in [0.05, 0.1) is 31.4 Å². The maximum atomic E-state index is 12.7. The number of piperidine rings is 1. The van der Waals surface area contributed by atoms with Crippen molar-refractivity contribution >= 4 is 17.3 Å². The van der Waals surface area contributed by atoms with Gasteiger partial charge in [-0.2, -0.15) is 0 Å². The minimum atomic E-state index is -1.23. The highest BCUT2D eigenvalue weighted by atomic mass is 16.4. The molecule has 0 saturated carbocycles. The summed E-state index contributed by atoms with van der Waals surface area (Å²) in [6, 6.07) is 2.91. The lowest BCUT2D eigenvalue weighted by Crippen LogP contribution is -2.67. The van der Waals surface area contributed by atoms with Gasteiger partial charge in [0, 0.05) is 24.9 Å². The molecule has 1 N–H and O–H groups in total. The lowest BCUT2D eigenvalue weighted by atomic mass is 9.92. The van der Waals surface area contributed by atoms with E-state index in [-0.39, 0.29) is 28.7 Å². The van der Waals surface area contributed by atoms with Gasteiger partial charge in [-0.15, -0.1) is 0 Å². The predicted molar refractivity (Wildman–Crippen MR) is 105 cm³/mol. The number of nitrogens with zero attached hydrogens (tertiary/aromatic N) is 4. The number of likely N-dealkylation sites (tertiary alicyclic amines) is 1. The number of rotatable bonds is 3. The van der Waals surface area contributed by atoms with Gasteiger partial charge in [-0.25, -0.2) is 4.98 Å². The third-order valence-electron chi connectivity index (χ3n) is 6.79. The molecule has 0 spiro atoms. The molecule has 1 unspecified atom stereocenters. The SMILES string of the molecule is CC(C)(C)[N+]1(CC2Cn3c(=O)ccc4ncc(=O)n2c43)CCC(NC(=O)[O-])CC1. The van der Waals surface area contributed by atoms with Gasteiger partial charge in [-0.3, -0.25) is 18.7 Å². The van der Waals surface area contributed by atoms with E-state index in [1.54, 1.807) is 15.2 Å². The van der Waals surface area contributed by atoms with Crippen LogP contribution in [0.1, 0.15) is 39.7 Å². The van der Waals surface area contributed by atoms with Crippen molar-refractivity contribution in [3.8, 4) is 0 Å². The van der Waals surface area contributed by atoms with Crippen LogP contribution in [0.25, 0.3) is 11.2 Å². The molecule has 156 valence electrons. The average Bonchev–Trinajstić information content (AvgIpc) is 3.02. The van der Waals surface area contributed by atoms with Crippen molar-refractivity contribution in [3.63, 3.8) is 0 Å². The number of carboxylic acid groups (broad SMARTS) is 1. The van der Waals surface area contributed by atoms with Crippen LogP contribution in [0.2, 0.25) is 0 Å². The fourth-order valence-electron chi connectivity index (χ4n) is 5.07. The normalized spacial score (nSPS) is 26.6. The Hall–Kier alpha value is -2.68. The molecule has 0 radical (unpaired) electrons. The monoisotopic (exact) mass is 401 g/mol. The number of nitrogens with one attached hydrogen (secondary N) is 1. The van der Waals surface area contributed by atoms with E-state index in [0.29, 0.717) is 37.1 Å². The first kappa shape index (κ1) is 19.6. The van der Waals surface area contributed by atoms with Crippen LogP contribution in [0.5, 0.6) is 0 Å². The van der Waals surface area contributed by atoms with Gasteiger partial charge in [-0.1, -0.05) is 0 Å². The van der Waals surface area contributed by atoms with Crippen LogP contribution in [0, 0.1) is 0 Å². The van der Waals surface area contributed by atoms with E-state index in [9.17, 15) is 19.5 Å². The molecule has 1 fully saturated rings.